The van der Waals surface area contributed by atoms with Gasteiger partial charge < -0.3 is 16.0 Å². The van der Waals surface area contributed by atoms with Gasteiger partial charge in [0.15, 0.2) is 5.78 Å². The number of H-pyrrole nitrogens is 1. The Labute approximate surface area is 160 Å². The third-order valence-corrected chi connectivity index (χ3v) is 4.04. The van der Waals surface area contributed by atoms with Crippen LogP contribution in [0.2, 0.25) is 0 Å². The van der Waals surface area contributed by atoms with E-state index < -0.39 is 17.6 Å². The SMILES string of the molecule is CCc1c(C(=O)Nc2cc(CN)cc(C(F)(F)F)c2)[nH]c(C)c1C(C)=O.Cl. The number of carbonyl (C=O) groups is 2. The van der Waals surface area contributed by atoms with E-state index in [1.54, 1.807) is 13.8 Å². The van der Waals surface area contributed by atoms with Crippen LogP contribution >= 0.6 is 12.4 Å². The predicted octanol–water partition coefficient (Wildman–Crippen LogP) is 4.24. The zero-order chi connectivity index (χ0) is 19.6. The molecule has 5 nitrogen and oxygen atoms in total. The standard InChI is InChI=1S/C18H20F3N3O2.ClH/c1-4-14-15(10(3)25)9(2)23-16(14)17(26)24-13-6-11(8-22)5-12(7-13)18(19,20)21;/h5-7,23H,4,8,22H2,1-3H3,(H,24,26);1H. The molecule has 0 fully saturated rings. The molecule has 0 saturated carbocycles. The number of aromatic nitrogens is 1. The van der Waals surface area contributed by atoms with E-state index in [-0.39, 0.29) is 41.7 Å². The monoisotopic (exact) mass is 403 g/mol. The first-order chi connectivity index (χ1) is 12.1. The number of rotatable bonds is 5. The minimum absolute atomic E-state index is 0. The molecule has 0 bridgehead atoms. The minimum Gasteiger partial charge on any atom is -0.354 e. The molecule has 0 unspecified atom stereocenters. The van der Waals surface area contributed by atoms with Gasteiger partial charge in [0.2, 0.25) is 0 Å². The van der Waals surface area contributed by atoms with Gasteiger partial charge in [-0.05, 0) is 49.6 Å². The molecule has 0 aliphatic rings. The second-order valence-corrected chi connectivity index (χ2v) is 5.96. The van der Waals surface area contributed by atoms with Crippen LogP contribution < -0.4 is 11.1 Å². The van der Waals surface area contributed by atoms with E-state index in [0.717, 1.165) is 12.1 Å². The molecule has 27 heavy (non-hydrogen) atoms. The van der Waals surface area contributed by atoms with Gasteiger partial charge in [-0.25, -0.2) is 0 Å². The Morgan fingerprint density at radius 3 is 2.33 bits per heavy atom. The number of Topliss-reactive ketones (excluding diaryl/α,β-unsaturated/α-hetero) is 1. The normalized spacial score (nSPS) is 11.1. The highest BCUT2D eigenvalue weighted by atomic mass is 35.5. The number of nitrogens with two attached hydrogens (primary N) is 1. The van der Waals surface area contributed by atoms with Crippen molar-refractivity contribution in [1.29, 1.82) is 0 Å². The number of carbonyl (C=O) groups excluding carboxylic acids is 2. The molecule has 0 atom stereocenters. The van der Waals surface area contributed by atoms with E-state index in [9.17, 15) is 22.8 Å². The number of aryl methyl sites for hydroxylation is 1. The summed E-state index contributed by atoms with van der Waals surface area (Å²) in [6.07, 6.45) is -4.12. The van der Waals surface area contributed by atoms with E-state index in [1.807, 2.05) is 0 Å². The maximum atomic E-state index is 13.0. The number of nitrogens with one attached hydrogen (secondary N) is 2. The number of aromatic amines is 1. The van der Waals surface area contributed by atoms with Gasteiger partial charge in [-0.15, -0.1) is 12.4 Å². The Kier molecular flexibility index (Phi) is 7.22. The van der Waals surface area contributed by atoms with Crippen LogP contribution in [0, 0.1) is 6.92 Å². The third-order valence-electron chi connectivity index (χ3n) is 4.04. The van der Waals surface area contributed by atoms with Gasteiger partial charge in [0.05, 0.1) is 5.56 Å². The molecular weight excluding hydrogens is 383 g/mol. The smallest absolute Gasteiger partial charge is 0.354 e. The van der Waals surface area contributed by atoms with Crippen LogP contribution in [-0.2, 0) is 19.1 Å². The number of halogens is 4. The fourth-order valence-electron chi connectivity index (χ4n) is 2.94. The summed E-state index contributed by atoms with van der Waals surface area (Å²) >= 11 is 0. The number of alkyl halides is 3. The summed E-state index contributed by atoms with van der Waals surface area (Å²) in [4.78, 5) is 27.2. The molecule has 9 heteroatoms. The number of anilines is 1. The van der Waals surface area contributed by atoms with E-state index in [0.29, 0.717) is 23.2 Å². The molecule has 0 aliphatic heterocycles. The largest absolute Gasteiger partial charge is 0.416 e. The van der Waals surface area contributed by atoms with E-state index in [1.165, 1.54) is 13.0 Å². The van der Waals surface area contributed by atoms with Crippen molar-refractivity contribution in [3.05, 3.63) is 51.8 Å². The van der Waals surface area contributed by atoms with Crippen molar-refractivity contribution in [2.24, 2.45) is 5.73 Å². The molecule has 1 amide bonds. The first kappa shape index (κ1) is 22.7. The summed E-state index contributed by atoms with van der Waals surface area (Å²) in [5, 5.41) is 2.46. The molecular formula is C18H21ClF3N3O2. The molecule has 2 aromatic rings. The Bertz CT molecular complexity index is 860. The van der Waals surface area contributed by atoms with E-state index in [4.69, 9.17) is 5.73 Å². The Hall–Kier alpha value is -2.32. The summed E-state index contributed by atoms with van der Waals surface area (Å²) in [6.45, 7) is 4.77. The highest BCUT2D eigenvalue weighted by molar-refractivity contribution is 6.07. The van der Waals surface area contributed by atoms with Crippen LogP contribution in [0.3, 0.4) is 0 Å². The zero-order valence-corrected chi connectivity index (χ0v) is 15.9. The van der Waals surface area contributed by atoms with E-state index in [2.05, 4.69) is 10.3 Å². The lowest BCUT2D eigenvalue weighted by Gasteiger charge is -2.12. The van der Waals surface area contributed by atoms with Crippen LogP contribution in [0.1, 0.15) is 57.1 Å². The average Bonchev–Trinajstić information content (AvgIpc) is 2.90. The quantitative estimate of drug-likeness (QED) is 0.652. The number of amides is 1. The summed E-state index contributed by atoms with van der Waals surface area (Å²) in [5.41, 5.74) is 6.49. The highest BCUT2D eigenvalue weighted by Gasteiger charge is 2.31. The topological polar surface area (TPSA) is 88.0 Å². The lowest BCUT2D eigenvalue weighted by molar-refractivity contribution is -0.137. The number of hydrogen-bond donors (Lipinski definition) is 3. The van der Waals surface area contributed by atoms with Gasteiger partial charge in [0, 0.05) is 23.5 Å². The predicted molar refractivity (Wildman–Crippen MR) is 99.4 cm³/mol. The van der Waals surface area contributed by atoms with Crippen molar-refractivity contribution >= 4 is 29.8 Å². The van der Waals surface area contributed by atoms with Gasteiger partial charge in [-0.1, -0.05) is 6.92 Å². The summed E-state index contributed by atoms with van der Waals surface area (Å²) < 4.78 is 39.0. The maximum Gasteiger partial charge on any atom is 0.416 e. The van der Waals surface area contributed by atoms with Crippen LogP contribution in [-0.4, -0.2) is 16.7 Å². The summed E-state index contributed by atoms with van der Waals surface area (Å²) in [5.74, 6) is -0.793. The van der Waals surface area contributed by atoms with Crippen molar-refractivity contribution in [2.45, 2.75) is 39.9 Å². The fraction of sp³-hybridized carbons (Fsp3) is 0.333. The molecule has 1 aromatic carbocycles. The third kappa shape index (κ3) is 4.90. The fourth-order valence-corrected chi connectivity index (χ4v) is 2.94. The van der Waals surface area contributed by atoms with Crippen molar-refractivity contribution in [2.75, 3.05) is 5.32 Å². The zero-order valence-electron chi connectivity index (χ0n) is 15.1. The molecule has 1 heterocycles. The maximum absolute atomic E-state index is 13.0. The number of benzene rings is 1. The Morgan fingerprint density at radius 2 is 1.85 bits per heavy atom. The van der Waals surface area contributed by atoms with Crippen molar-refractivity contribution < 1.29 is 22.8 Å². The Balaban J connectivity index is 0.00000364. The van der Waals surface area contributed by atoms with E-state index >= 15 is 0 Å². The molecule has 2 rings (SSSR count). The highest BCUT2D eigenvalue weighted by Crippen LogP contribution is 2.32. The first-order valence-electron chi connectivity index (χ1n) is 8.03. The molecule has 4 N–H and O–H groups in total. The molecule has 0 aliphatic carbocycles. The van der Waals surface area contributed by atoms with Gasteiger partial charge in [0.1, 0.15) is 5.69 Å². The van der Waals surface area contributed by atoms with Gasteiger partial charge in [0.25, 0.3) is 5.91 Å². The van der Waals surface area contributed by atoms with Crippen molar-refractivity contribution in [3.63, 3.8) is 0 Å². The van der Waals surface area contributed by atoms with Crippen LogP contribution in [0.4, 0.5) is 18.9 Å². The minimum atomic E-state index is -4.55. The molecule has 1 aromatic heterocycles. The first-order valence-corrected chi connectivity index (χ1v) is 8.03. The van der Waals surface area contributed by atoms with Crippen molar-refractivity contribution in [3.8, 4) is 0 Å². The van der Waals surface area contributed by atoms with Gasteiger partial charge in [-0.2, -0.15) is 13.2 Å². The molecule has 0 radical (unpaired) electrons. The molecule has 0 spiro atoms. The molecule has 148 valence electrons. The van der Waals surface area contributed by atoms with Crippen molar-refractivity contribution in [1.82, 2.24) is 4.98 Å². The molecule has 0 saturated heterocycles. The second kappa shape index (κ2) is 8.58. The number of ketones is 1. The average molecular weight is 404 g/mol. The second-order valence-electron chi connectivity index (χ2n) is 5.96. The van der Waals surface area contributed by atoms with Crippen LogP contribution in [0.15, 0.2) is 18.2 Å². The van der Waals surface area contributed by atoms with Crippen LogP contribution in [0.5, 0.6) is 0 Å². The van der Waals surface area contributed by atoms with Crippen LogP contribution in [0.25, 0.3) is 0 Å². The summed E-state index contributed by atoms with van der Waals surface area (Å²) in [6, 6.07) is 3.19. The lowest BCUT2D eigenvalue weighted by atomic mass is 10.0. The number of hydrogen-bond acceptors (Lipinski definition) is 3. The Morgan fingerprint density at radius 1 is 1.22 bits per heavy atom. The van der Waals surface area contributed by atoms with Gasteiger partial charge >= 0.3 is 6.18 Å². The summed E-state index contributed by atoms with van der Waals surface area (Å²) in [7, 11) is 0. The lowest BCUT2D eigenvalue weighted by Crippen LogP contribution is -2.16. The van der Waals surface area contributed by atoms with Gasteiger partial charge in [-0.3, -0.25) is 9.59 Å².